The second kappa shape index (κ2) is 4.59. The molecule has 0 radical (unpaired) electrons. The second-order valence-corrected chi connectivity index (χ2v) is 6.68. The highest BCUT2D eigenvalue weighted by Gasteiger charge is 2.49. The minimum Gasteiger partial charge on any atom is -0.358 e. The molecule has 9 nitrogen and oxygen atoms in total. The van der Waals surface area contributed by atoms with Crippen LogP contribution in [0.2, 0.25) is 0 Å². The summed E-state index contributed by atoms with van der Waals surface area (Å²) in [5.41, 5.74) is 0.417. The van der Waals surface area contributed by atoms with Gasteiger partial charge in [0.2, 0.25) is 0 Å². The first-order valence-electron chi connectivity index (χ1n) is 7.31. The molecule has 0 aliphatic carbocycles. The van der Waals surface area contributed by atoms with Crippen LogP contribution < -0.4 is 0 Å². The van der Waals surface area contributed by atoms with Gasteiger partial charge in [-0.15, -0.1) is 0 Å². The minimum atomic E-state index is -0.459. The first-order valence-corrected chi connectivity index (χ1v) is 7.31. The van der Waals surface area contributed by atoms with Gasteiger partial charge in [0, 0.05) is 6.07 Å². The van der Waals surface area contributed by atoms with Crippen molar-refractivity contribution in [3.05, 3.63) is 27.9 Å². The Morgan fingerprint density at radius 1 is 1.18 bits per heavy atom. The van der Waals surface area contributed by atoms with Crippen LogP contribution in [-0.2, 0) is 7.05 Å². The van der Waals surface area contributed by atoms with E-state index in [1.807, 2.05) is 0 Å². The minimum absolute atomic E-state index is 0.0267. The number of nitrogens with zero attached hydrogens (tertiary/aromatic N) is 6. The van der Waals surface area contributed by atoms with Crippen LogP contribution in [0.4, 0.5) is 5.82 Å². The summed E-state index contributed by atoms with van der Waals surface area (Å²) in [5, 5.41) is 10.9. The van der Waals surface area contributed by atoms with E-state index < -0.39 is 4.92 Å². The quantitative estimate of drug-likeness (QED) is 0.327. The Morgan fingerprint density at radius 3 is 2.18 bits per heavy atom. The smallest absolute Gasteiger partial charge is 0.323 e. The van der Waals surface area contributed by atoms with Crippen molar-refractivity contribution in [3.8, 4) is 0 Å². The molecule has 4 aliphatic heterocycles. The van der Waals surface area contributed by atoms with E-state index in [1.165, 1.54) is 10.6 Å². The molecule has 5 rings (SSSR count). The third-order valence-electron chi connectivity index (χ3n) is 4.75. The van der Waals surface area contributed by atoms with Crippen LogP contribution in [0, 0.1) is 10.1 Å². The zero-order chi connectivity index (χ0) is 15.5. The van der Waals surface area contributed by atoms with Gasteiger partial charge in [0.05, 0.1) is 27.1 Å². The van der Waals surface area contributed by atoms with E-state index in [0.717, 1.165) is 40.0 Å². The molecule has 9 heteroatoms. The molecule has 0 saturated carbocycles. The average molecular weight is 307 g/mol. The summed E-state index contributed by atoms with van der Waals surface area (Å²) in [6.07, 6.45) is 0. The van der Waals surface area contributed by atoms with Crippen LogP contribution in [0.5, 0.6) is 0 Å². The van der Waals surface area contributed by atoms with E-state index in [-0.39, 0.29) is 11.6 Å². The fourth-order valence-electron chi connectivity index (χ4n) is 4.16. The molecule has 4 fully saturated rings. The number of quaternary nitrogens is 1. The Labute approximate surface area is 127 Å². The summed E-state index contributed by atoms with van der Waals surface area (Å²) >= 11 is 0. The van der Waals surface area contributed by atoms with Crippen LogP contribution in [0.3, 0.4) is 0 Å². The van der Waals surface area contributed by atoms with Crippen LogP contribution in [0.1, 0.15) is 10.5 Å². The predicted molar refractivity (Wildman–Crippen MR) is 76.2 cm³/mol. The number of aromatic nitrogens is 1. The molecule has 1 aromatic heterocycles. The van der Waals surface area contributed by atoms with Gasteiger partial charge < -0.3 is 10.1 Å². The van der Waals surface area contributed by atoms with Crippen molar-refractivity contribution in [2.45, 2.75) is 0 Å². The van der Waals surface area contributed by atoms with Gasteiger partial charge in [-0.25, -0.2) is 19.3 Å². The largest absolute Gasteiger partial charge is 0.358 e. The maximum absolute atomic E-state index is 12.7. The first-order chi connectivity index (χ1) is 10.5. The lowest BCUT2D eigenvalue weighted by molar-refractivity contribution is -0.973. The number of nitro groups is 1. The zero-order valence-electron chi connectivity index (χ0n) is 12.5. The van der Waals surface area contributed by atoms with Crippen LogP contribution in [0.15, 0.2) is 12.1 Å². The number of hydrogen-bond donors (Lipinski definition) is 0. The summed E-state index contributed by atoms with van der Waals surface area (Å²) in [7, 11) is 1.58. The summed E-state index contributed by atoms with van der Waals surface area (Å²) in [4.78, 5) is 30.2. The maximum atomic E-state index is 12.7. The van der Waals surface area contributed by atoms with Crippen molar-refractivity contribution < 1.29 is 14.2 Å². The maximum Gasteiger partial charge on any atom is 0.323 e. The molecule has 118 valence electrons. The van der Waals surface area contributed by atoms with E-state index in [4.69, 9.17) is 0 Å². The highest BCUT2D eigenvalue weighted by atomic mass is 16.6. The number of Topliss-reactive ketones (excluding diaryl/α,β-unsaturated/α-hetero) is 1. The van der Waals surface area contributed by atoms with Crippen LogP contribution in [-0.4, -0.2) is 81.0 Å². The van der Waals surface area contributed by atoms with Crippen molar-refractivity contribution >= 4 is 11.6 Å². The van der Waals surface area contributed by atoms with Crippen molar-refractivity contribution in [1.29, 1.82) is 0 Å². The standard InChI is InChI=1S/C13H19N6O3/c1-14-11(2-3-13(14)18(21)22)12(20)4-19-8-15-5-16(9-19)7-17(6-15)10-19/h2-3H,4-10H2,1H3/q+1. The number of rotatable bonds is 4. The molecule has 4 bridgehead atoms. The normalized spacial score (nSPS) is 35.8. The number of hydrogen-bond acceptors (Lipinski definition) is 6. The lowest BCUT2D eigenvalue weighted by Gasteiger charge is -2.60. The van der Waals surface area contributed by atoms with E-state index >= 15 is 0 Å². The number of carbonyl (C=O) groups excluding carboxylic acids is 1. The Kier molecular flexibility index (Phi) is 2.89. The van der Waals surface area contributed by atoms with Crippen molar-refractivity contribution in [1.82, 2.24) is 19.3 Å². The topological polar surface area (TPSA) is 74.9 Å². The summed E-state index contributed by atoms with van der Waals surface area (Å²) in [6.45, 7) is 5.95. The van der Waals surface area contributed by atoms with Gasteiger partial charge in [-0.2, -0.15) is 0 Å². The highest BCUT2D eigenvalue weighted by molar-refractivity contribution is 5.96. The van der Waals surface area contributed by atoms with Gasteiger partial charge >= 0.3 is 5.82 Å². The van der Waals surface area contributed by atoms with E-state index in [2.05, 4.69) is 14.7 Å². The van der Waals surface area contributed by atoms with E-state index in [1.54, 1.807) is 13.1 Å². The Hall–Kier alpha value is -1.81. The molecule has 0 amide bonds. The van der Waals surface area contributed by atoms with Crippen LogP contribution >= 0.6 is 0 Å². The number of carbonyl (C=O) groups is 1. The summed E-state index contributed by atoms with van der Waals surface area (Å²) < 4.78 is 2.09. The highest BCUT2D eigenvalue weighted by Crippen LogP contribution is 2.29. The Morgan fingerprint density at radius 2 is 1.73 bits per heavy atom. The fraction of sp³-hybridized carbons (Fsp3) is 0.615. The molecular weight excluding hydrogens is 288 g/mol. The van der Waals surface area contributed by atoms with Gasteiger partial charge in [-0.05, 0) is 11.0 Å². The van der Waals surface area contributed by atoms with Crippen molar-refractivity contribution in [2.75, 3.05) is 46.6 Å². The second-order valence-electron chi connectivity index (χ2n) is 6.68. The summed E-state index contributed by atoms with van der Waals surface area (Å²) in [6, 6.07) is 2.96. The van der Waals surface area contributed by atoms with Gasteiger partial charge in [-0.1, -0.05) is 0 Å². The number of ketones is 1. The molecule has 0 N–H and O–H groups in total. The van der Waals surface area contributed by atoms with Crippen molar-refractivity contribution in [2.24, 2.45) is 7.05 Å². The van der Waals surface area contributed by atoms with Gasteiger partial charge in [-0.3, -0.25) is 9.28 Å². The SMILES string of the molecule is Cn1c(C(=O)C[N+]23CN4CN(CN(C4)C2)C3)ccc1[N+](=O)[O-]. The molecular formula is C13H19N6O3+. The Balaban J connectivity index is 1.56. The fourth-order valence-corrected chi connectivity index (χ4v) is 4.16. The summed E-state index contributed by atoms with van der Waals surface area (Å²) in [5.74, 6) is -0.0706. The van der Waals surface area contributed by atoms with Gasteiger partial charge in [0.1, 0.15) is 26.6 Å². The lowest BCUT2D eigenvalue weighted by Crippen LogP contribution is -2.79. The molecule has 4 aliphatic rings. The zero-order valence-corrected chi connectivity index (χ0v) is 12.5. The van der Waals surface area contributed by atoms with Gasteiger partial charge in [0.15, 0.2) is 5.69 Å². The third-order valence-corrected chi connectivity index (χ3v) is 4.75. The van der Waals surface area contributed by atoms with Crippen molar-refractivity contribution in [3.63, 3.8) is 0 Å². The first kappa shape index (κ1) is 13.8. The Bertz CT molecular complexity index is 619. The molecule has 22 heavy (non-hydrogen) atoms. The van der Waals surface area contributed by atoms with Gasteiger partial charge in [0.25, 0.3) is 5.78 Å². The lowest BCUT2D eigenvalue weighted by atomic mass is 10.2. The predicted octanol–water partition coefficient (Wildman–Crippen LogP) is -0.375. The molecule has 1 aromatic rings. The molecule has 4 saturated heterocycles. The molecule has 5 heterocycles. The molecule has 0 spiro atoms. The molecule has 0 atom stereocenters. The molecule has 0 unspecified atom stereocenters. The monoisotopic (exact) mass is 307 g/mol. The average Bonchev–Trinajstić information content (AvgIpc) is 2.78. The van der Waals surface area contributed by atoms with E-state index in [0.29, 0.717) is 16.7 Å². The third kappa shape index (κ3) is 2.05. The van der Waals surface area contributed by atoms with E-state index in [9.17, 15) is 14.9 Å². The van der Waals surface area contributed by atoms with Crippen LogP contribution in [0.25, 0.3) is 0 Å². The molecule has 0 aromatic carbocycles.